The van der Waals surface area contributed by atoms with Crippen molar-refractivity contribution >= 4 is 0 Å². The Balaban J connectivity index is 2.82. The normalized spacial score (nSPS) is 13.8. The highest BCUT2D eigenvalue weighted by Crippen LogP contribution is 2.28. The lowest BCUT2D eigenvalue weighted by Gasteiger charge is -2.18. The molecule has 1 N–H and O–H groups in total. The second-order valence-electron chi connectivity index (χ2n) is 3.66. The van der Waals surface area contributed by atoms with Crippen molar-refractivity contribution in [2.75, 3.05) is 7.05 Å². The maximum absolute atomic E-state index is 13.3. The van der Waals surface area contributed by atoms with Gasteiger partial charge in [0.25, 0.3) is 0 Å². The molecule has 1 aromatic rings. The van der Waals surface area contributed by atoms with Crippen LogP contribution in [0.25, 0.3) is 0 Å². The molecule has 1 unspecified atom stereocenters. The smallest absolute Gasteiger partial charge is 0.313 e. The Morgan fingerprint density at radius 3 is 2.41 bits per heavy atom. The average molecular weight is 253 g/mol. The molecule has 96 valence electrons. The van der Waals surface area contributed by atoms with Crippen molar-refractivity contribution < 1.29 is 22.0 Å². The van der Waals surface area contributed by atoms with E-state index < -0.39 is 30.3 Å². The first-order valence-electron chi connectivity index (χ1n) is 5.02. The van der Waals surface area contributed by atoms with Gasteiger partial charge in [0.1, 0.15) is 11.6 Å². The highest BCUT2D eigenvalue weighted by atomic mass is 19.4. The molecule has 0 bridgehead atoms. The van der Waals surface area contributed by atoms with Gasteiger partial charge in [-0.2, -0.15) is 13.2 Å². The van der Waals surface area contributed by atoms with Gasteiger partial charge in [0.15, 0.2) is 0 Å². The number of hydrogen-bond acceptors (Lipinski definition) is 1. The Kier molecular flexibility index (Phi) is 4.45. The first kappa shape index (κ1) is 13.9. The first-order valence-corrected chi connectivity index (χ1v) is 5.02. The van der Waals surface area contributed by atoms with Crippen LogP contribution in [0.15, 0.2) is 18.2 Å². The molecule has 0 aliphatic carbocycles. The SMILES string of the molecule is CNC(CCC(F)(F)F)c1cc(F)ccc1F. The molecule has 0 spiro atoms. The summed E-state index contributed by atoms with van der Waals surface area (Å²) >= 11 is 0. The fraction of sp³-hybridized carbons (Fsp3) is 0.455. The summed E-state index contributed by atoms with van der Waals surface area (Å²) in [4.78, 5) is 0. The molecule has 0 heterocycles. The molecule has 0 aliphatic rings. The standard InChI is InChI=1S/C11H12F5N/c1-17-10(4-5-11(14,15)16)8-6-7(12)2-3-9(8)13/h2-3,6,10,17H,4-5H2,1H3. The van der Waals surface area contributed by atoms with Crippen LogP contribution in [-0.4, -0.2) is 13.2 Å². The third-order valence-corrected chi connectivity index (χ3v) is 2.40. The lowest BCUT2D eigenvalue weighted by Crippen LogP contribution is -2.20. The Morgan fingerprint density at radius 2 is 1.88 bits per heavy atom. The number of nitrogens with one attached hydrogen (secondary N) is 1. The summed E-state index contributed by atoms with van der Waals surface area (Å²) < 4.78 is 62.4. The van der Waals surface area contributed by atoms with Gasteiger partial charge in [0.05, 0.1) is 0 Å². The molecule has 6 heteroatoms. The fourth-order valence-electron chi connectivity index (χ4n) is 1.54. The van der Waals surface area contributed by atoms with E-state index in [4.69, 9.17) is 0 Å². The predicted octanol–water partition coefficient (Wildman–Crippen LogP) is 3.57. The molecule has 1 nitrogen and oxygen atoms in total. The third-order valence-electron chi connectivity index (χ3n) is 2.40. The van der Waals surface area contributed by atoms with Crippen molar-refractivity contribution in [2.45, 2.75) is 25.1 Å². The predicted molar refractivity (Wildman–Crippen MR) is 53.4 cm³/mol. The van der Waals surface area contributed by atoms with Crippen molar-refractivity contribution in [1.29, 1.82) is 0 Å². The number of rotatable bonds is 4. The van der Waals surface area contributed by atoms with Crippen molar-refractivity contribution in [3.8, 4) is 0 Å². The van der Waals surface area contributed by atoms with E-state index in [-0.39, 0.29) is 12.0 Å². The molecular formula is C11H12F5N. The van der Waals surface area contributed by atoms with Crippen molar-refractivity contribution in [3.05, 3.63) is 35.4 Å². The van der Waals surface area contributed by atoms with E-state index in [9.17, 15) is 22.0 Å². The van der Waals surface area contributed by atoms with Crippen LogP contribution in [0.4, 0.5) is 22.0 Å². The summed E-state index contributed by atoms with van der Waals surface area (Å²) in [5, 5.41) is 2.55. The largest absolute Gasteiger partial charge is 0.389 e. The summed E-state index contributed by atoms with van der Waals surface area (Å²) in [6, 6.07) is 1.89. The van der Waals surface area contributed by atoms with Crippen LogP contribution in [0.1, 0.15) is 24.4 Å². The van der Waals surface area contributed by atoms with Gasteiger partial charge in [0, 0.05) is 18.0 Å². The van der Waals surface area contributed by atoms with E-state index in [1.165, 1.54) is 7.05 Å². The van der Waals surface area contributed by atoms with Crippen molar-refractivity contribution in [2.24, 2.45) is 0 Å². The quantitative estimate of drug-likeness (QED) is 0.809. The van der Waals surface area contributed by atoms with Gasteiger partial charge in [-0.25, -0.2) is 8.78 Å². The van der Waals surface area contributed by atoms with Crippen LogP contribution < -0.4 is 5.32 Å². The third kappa shape index (κ3) is 4.30. The monoisotopic (exact) mass is 253 g/mol. The van der Waals surface area contributed by atoms with Gasteiger partial charge in [-0.05, 0) is 31.7 Å². The van der Waals surface area contributed by atoms with E-state index in [0.717, 1.165) is 18.2 Å². The maximum Gasteiger partial charge on any atom is 0.389 e. The van der Waals surface area contributed by atoms with Gasteiger partial charge in [0.2, 0.25) is 0 Å². The second kappa shape index (κ2) is 5.44. The minimum atomic E-state index is -4.31. The van der Waals surface area contributed by atoms with Crippen LogP contribution in [0.2, 0.25) is 0 Å². The molecule has 0 saturated carbocycles. The van der Waals surface area contributed by atoms with Crippen molar-refractivity contribution in [3.63, 3.8) is 0 Å². The Bertz CT molecular complexity index is 375. The van der Waals surface area contributed by atoms with E-state index in [2.05, 4.69) is 5.32 Å². The Morgan fingerprint density at radius 1 is 1.24 bits per heavy atom. The molecule has 1 atom stereocenters. The van der Waals surface area contributed by atoms with Gasteiger partial charge in [-0.1, -0.05) is 0 Å². The first-order chi connectivity index (χ1) is 7.83. The minimum Gasteiger partial charge on any atom is -0.313 e. The molecule has 1 rings (SSSR count). The second-order valence-corrected chi connectivity index (χ2v) is 3.66. The highest BCUT2D eigenvalue weighted by molar-refractivity contribution is 5.22. The zero-order valence-electron chi connectivity index (χ0n) is 9.11. The van der Waals surface area contributed by atoms with Crippen molar-refractivity contribution in [1.82, 2.24) is 5.32 Å². The summed E-state index contributed by atoms with van der Waals surface area (Å²) in [6.45, 7) is 0. The van der Waals surface area contributed by atoms with Gasteiger partial charge >= 0.3 is 6.18 Å². The maximum atomic E-state index is 13.3. The molecule has 1 aromatic carbocycles. The number of benzene rings is 1. The van der Waals surface area contributed by atoms with Crippen LogP contribution >= 0.6 is 0 Å². The summed E-state index contributed by atoms with van der Waals surface area (Å²) in [5.74, 6) is -1.39. The van der Waals surface area contributed by atoms with Crippen LogP contribution in [0.3, 0.4) is 0 Å². The van der Waals surface area contributed by atoms with E-state index in [0.29, 0.717) is 0 Å². The Hall–Kier alpha value is -1.17. The summed E-state index contributed by atoms with van der Waals surface area (Å²) in [6.07, 6.45) is -5.69. The summed E-state index contributed by atoms with van der Waals surface area (Å²) in [5.41, 5.74) is -0.0863. The molecule has 0 saturated heterocycles. The average Bonchev–Trinajstić information content (AvgIpc) is 2.22. The molecule has 0 amide bonds. The zero-order valence-corrected chi connectivity index (χ0v) is 9.11. The number of hydrogen-bond donors (Lipinski definition) is 1. The lowest BCUT2D eigenvalue weighted by molar-refractivity contribution is -0.136. The van der Waals surface area contributed by atoms with Crippen LogP contribution in [-0.2, 0) is 0 Å². The molecule has 0 radical (unpaired) electrons. The molecule has 0 aromatic heterocycles. The van der Waals surface area contributed by atoms with Gasteiger partial charge in [-0.3, -0.25) is 0 Å². The van der Waals surface area contributed by atoms with Gasteiger partial charge < -0.3 is 5.32 Å². The molecular weight excluding hydrogens is 241 g/mol. The topological polar surface area (TPSA) is 12.0 Å². The fourth-order valence-corrected chi connectivity index (χ4v) is 1.54. The lowest BCUT2D eigenvalue weighted by atomic mass is 10.0. The highest BCUT2D eigenvalue weighted by Gasteiger charge is 2.29. The minimum absolute atomic E-state index is 0.0863. The molecule has 17 heavy (non-hydrogen) atoms. The number of halogens is 5. The van der Waals surface area contributed by atoms with E-state index >= 15 is 0 Å². The van der Waals surface area contributed by atoms with E-state index in [1.54, 1.807) is 0 Å². The molecule has 0 fully saturated rings. The zero-order chi connectivity index (χ0) is 13.1. The van der Waals surface area contributed by atoms with Gasteiger partial charge in [-0.15, -0.1) is 0 Å². The number of alkyl halides is 3. The summed E-state index contributed by atoms with van der Waals surface area (Å²) in [7, 11) is 1.41. The van der Waals surface area contributed by atoms with Crippen LogP contribution in [0.5, 0.6) is 0 Å². The van der Waals surface area contributed by atoms with Crippen LogP contribution in [0, 0.1) is 11.6 Å². The molecule has 0 aliphatic heterocycles. The Labute approximate surface area is 95.6 Å². The van der Waals surface area contributed by atoms with E-state index in [1.807, 2.05) is 0 Å².